The molecule has 0 aliphatic carbocycles. The first-order valence-corrected chi connectivity index (χ1v) is 14.5. The molecular weight excluding hydrogens is 593 g/mol. The molecule has 1 heterocycles. The number of hydrogen-bond acceptors (Lipinski definition) is 6. The molecule has 0 aromatic heterocycles. The van der Waals surface area contributed by atoms with Gasteiger partial charge in [0.15, 0.2) is 11.5 Å². The normalized spacial score (nSPS) is 12.3. The van der Waals surface area contributed by atoms with Crippen LogP contribution in [0.2, 0.25) is 5.02 Å². The third kappa shape index (κ3) is 7.94. The molecule has 4 aromatic carbocycles. The van der Waals surface area contributed by atoms with Crippen LogP contribution in [-0.2, 0) is 9.59 Å². The van der Waals surface area contributed by atoms with Gasteiger partial charge >= 0.3 is 0 Å². The van der Waals surface area contributed by atoms with Crippen LogP contribution in [0.15, 0.2) is 102 Å². The van der Waals surface area contributed by atoms with E-state index in [4.69, 9.17) is 21.1 Å². The van der Waals surface area contributed by atoms with E-state index >= 15 is 0 Å². The van der Waals surface area contributed by atoms with E-state index < -0.39 is 17.6 Å². The van der Waals surface area contributed by atoms with Crippen LogP contribution in [0.5, 0.6) is 11.5 Å². The van der Waals surface area contributed by atoms with Gasteiger partial charge in [-0.2, -0.15) is 0 Å². The zero-order valence-electron chi connectivity index (χ0n) is 22.6. The maximum Gasteiger partial charge on any atom is 0.272 e. The van der Waals surface area contributed by atoms with Gasteiger partial charge in [-0.15, -0.1) is 11.8 Å². The standard InChI is InChI=1S/C32H25ClFN3O5S/c33-25-7-4-8-26(34)24(25)18-27(37-31(39)20-5-2-1-3-6-20)32(40)36-21-9-12-23(13-10-21)43-19-30(38)35-22-11-14-28-29(17-22)42-16-15-41-28/h1-14,17-18H,15-16,19H2,(H,35,38)(H,36,40)(H,37,39). The Morgan fingerprint density at radius 1 is 0.837 bits per heavy atom. The third-order valence-corrected chi connectivity index (χ3v) is 7.47. The van der Waals surface area contributed by atoms with Crippen molar-refractivity contribution in [2.75, 3.05) is 29.6 Å². The number of benzene rings is 4. The highest BCUT2D eigenvalue weighted by molar-refractivity contribution is 8.00. The molecule has 8 nitrogen and oxygen atoms in total. The van der Waals surface area contributed by atoms with Crippen LogP contribution in [0.25, 0.3) is 6.08 Å². The van der Waals surface area contributed by atoms with Gasteiger partial charge in [-0.25, -0.2) is 4.39 Å². The first-order valence-electron chi connectivity index (χ1n) is 13.1. The van der Waals surface area contributed by atoms with E-state index in [0.29, 0.717) is 41.7 Å². The molecule has 5 rings (SSSR count). The predicted molar refractivity (Wildman–Crippen MR) is 165 cm³/mol. The van der Waals surface area contributed by atoms with E-state index in [1.54, 1.807) is 72.8 Å². The molecule has 0 spiro atoms. The highest BCUT2D eigenvalue weighted by atomic mass is 35.5. The summed E-state index contributed by atoms with van der Waals surface area (Å²) in [5.41, 5.74) is 1.11. The molecule has 218 valence electrons. The number of amides is 3. The highest BCUT2D eigenvalue weighted by Gasteiger charge is 2.17. The van der Waals surface area contributed by atoms with Crippen molar-refractivity contribution in [3.05, 3.63) is 119 Å². The van der Waals surface area contributed by atoms with Crippen molar-refractivity contribution in [2.45, 2.75) is 4.90 Å². The zero-order valence-corrected chi connectivity index (χ0v) is 24.1. The zero-order chi connectivity index (χ0) is 30.2. The molecule has 0 fully saturated rings. The summed E-state index contributed by atoms with van der Waals surface area (Å²) in [6.45, 7) is 0.944. The number of halogens is 2. The molecule has 4 aromatic rings. The number of thioether (sulfide) groups is 1. The fourth-order valence-electron chi connectivity index (χ4n) is 4.04. The second-order valence-electron chi connectivity index (χ2n) is 9.19. The van der Waals surface area contributed by atoms with Crippen molar-refractivity contribution in [3.63, 3.8) is 0 Å². The van der Waals surface area contributed by atoms with E-state index in [9.17, 15) is 18.8 Å². The summed E-state index contributed by atoms with van der Waals surface area (Å²) in [4.78, 5) is 39.3. The third-order valence-electron chi connectivity index (χ3n) is 6.13. The second-order valence-corrected chi connectivity index (χ2v) is 10.6. The number of fused-ring (bicyclic) bond motifs is 1. The average Bonchev–Trinajstić information content (AvgIpc) is 3.02. The van der Waals surface area contributed by atoms with E-state index in [2.05, 4.69) is 16.0 Å². The summed E-state index contributed by atoms with van der Waals surface area (Å²) < 4.78 is 25.6. The van der Waals surface area contributed by atoms with Gasteiger partial charge in [0, 0.05) is 33.5 Å². The van der Waals surface area contributed by atoms with Crippen LogP contribution in [0, 0.1) is 5.82 Å². The summed E-state index contributed by atoms with van der Waals surface area (Å²) in [5.74, 6) is -0.687. The Balaban J connectivity index is 1.22. The molecule has 0 saturated heterocycles. The lowest BCUT2D eigenvalue weighted by Crippen LogP contribution is -2.30. The van der Waals surface area contributed by atoms with Crippen LogP contribution in [0.1, 0.15) is 15.9 Å². The van der Waals surface area contributed by atoms with Gasteiger partial charge in [0.2, 0.25) is 5.91 Å². The van der Waals surface area contributed by atoms with Gasteiger partial charge < -0.3 is 25.4 Å². The number of nitrogens with one attached hydrogen (secondary N) is 3. The molecule has 0 saturated carbocycles. The molecular formula is C32H25ClFN3O5S. The predicted octanol–water partition coefficient (Wildman–Crippen LogP) is 6.39. The van der Waals surface area contributed by atoms with Crippen molar-refractivity contribution >= 4 is 58.5 Å². The van der Waals surface area contributed by atoms with E-state index in [1.165, 1.54) is 36.0 Å². The van der Waals surface area contributed by atoms with Gasteiger partial charge in [0.05, 0.1) is 10.8 Å². The molecule has 11 heteroatoms. The van der Waals surface area contributed by atoms with Gasteiger partial charge in [-0.3, -0.25) is 14.4 Å². The minimum atomic E-state index is -0.678. The summed E-state index contributed by atoms with van der Waals surface area (Å²) in [7, 11) is 0. The summed E-state index contributed by atoms with van der Waals surface area (Å²) in [5, 5.41) is 8.19. The van der Waals surface area contributed by atoms with Gasteiger partial charge in [-0.05, 0) is 66.7 Å². The molecule has 3 amide bonds. The van der Waals surface area contributed by atoms with E-state index in [0.717, 1.165) is 4.90 Å². The smallest absolute Gasteiger partial charge is 0.272 e. The maximum atomic E-state index is 14.5. The Hall–Kier alpha value is -4.80. The molecule has 0 unspecified atom stereocenters. The fraction of sp³-hybridized carbons (Fsp3) is 0.0938. The number of hydrogen-bond donors (Lipinski definition) is 3. The molecule has 0 radical (unpaired) electrons. The van der Waals surface area contributed by atoms with Gasteiger partial charge in [-0.1, -0.05) is 35.9 Å². The van der Waals surface area contributed by atoms with Crippen LogP contribution in [0.3, 0.4) is 0 Å². The topological polar surface area (TPSA) is 106 Å². The minimum Gasteiger partial charge on any atom is -0.486 e. The Labute approximate surface area is 256 Å². The van der Waals surface area contributed by atoms with Crippen molar-refractivity contribution in [2.24, 2.45) is 0 Å². The van der Waals surface area contributed by atoms with Crippen molar-refractivity contribution in [1.82, 2.24) is 5.32 Å². The summed E-state index contributed by atoms with van der Waals surface area (Å²) in [6.07, 6.45) is 1.19. The van der Waals surface area contributed by atoms with E-state index in [-0.39, 0.29) is 27.9 Å². The van der Waals surface area contributed by atoms with Gasteiger partial charge in [0.1, 0.15) is 24.7 Å². The van der Waals surface area contributed by atoms with Crippen LogP contribution < -0.4 is 25.4 Å². The highest BCUT2D eigenvalue weighted by Crippen LogP contribution is 2.32. The lowest BCUT2D eigenvalue weighted by molar-refractivity contribution is -0.114. The first kappa shape index (κ1) is 29.7. The van der Waals surface area contributed by atoms with Crippen LogP contribution in [-0.4, -0.2) is 36.7 Å². The van der Waals surface area contributed by atoms with Crippen molar-refractivity contribution in [3.8, 4) is 11.5 Å². The first-order chi connectivity index (χ1) is 20.9. The number of ether oxygens (including phenoxy) is 2. The number of carbonyl (C=O) groups excluding carboxylic acids is 3. The second kappa shape index (κ2) is 13.9. The Kier molecular flexibility index (Phi) is 9.60. The van der Waals surface area contributed by atoms with Crippen LogP contribution in [0.4, 0.5) is 15.8 Å². The summed E-state index contributed by atoms with van der Waals surface area (Å²) >= 11 is 7.48. The van der Waals surface area contributed by atoms with Crippen LogP contribution >= 0.6 is 23.4 Å². The number of anilines is 2. The molecule has 1 aliphatic rings. The summed E-state index contributed by atoms with van der Waals surface area (Å²) in [6, 6.07) is 24.5. The maximum absolute atomic E-state index is 14.5. The molecule has 0 bridgehead atoms. The Morgan fingerprint density at radius 3 is 2.30 bits per heavy atom. The molecule has 1 aliphatic heterocycles. The van der Waals surface area contributed by atoms with Crippen molar-refractivity contribution in [1.29, 1.82) is 0 Å². The lowest BCUT2D eigenvalue weighted by Gasteiger charge is -2.19. The number of rotatable bonds is 9. The van der Waals surface area contributed by atoms with Gasteiger partial charge in [0.25, 0.3) is 11.8 Å². The average molecular weight is 618 g/mol. The lowest BCUT2D eigenvalue weighted by atomic mass is 10.1. The quantitative estimate of drug-likeness (QED) is 0.148. The monoisotopic (exact) mass is 617 g/mol. The molecule has 0 atom stereocenters. The molecule has 43 heavy (non-hydrogen) atoms. The largest absolute Gasteiger partial charge is 0.486 e. The minimum absolute atomic E-state index is 0.0380. The van der Waals surface area contributed by atoms with Crippen molar-refractivity contribution < 1.29 is 28.2 Å². The SMILES string of the molecule is O=C(CSc1ccc(NC(=O)C(=Cc2c(F)cccc2Cl)NC(=O)c2ccccc2)cc1)Nc1ccc2c(c1)OCCO2. The number of carbonyl (C=O) groups is 3. The molecule has 3 N–H and O–H groups in total. The Bertz CT molecular complexity index is 1660. The van der Waals surface area contributed by atoms with E-state index in [1.807, 2.05) is 0 Å². The Morgan fingerprint density at radius 2 is 1.56 bits per heavy atom. The fourth-order valence-corrected chi connectivity index (χ4v) is 4.95.